The Morgan fingerprint density at radius 2 is 1.93 bits per heavy atom. The molecule has 88 valence electrons. The topological polar surface area (TPSA) is 72.2 Å². The lowest BCUT2D eigenvalue weighted by molar-refractivity contribution is -0.121. The number of thiol groups is 1. The van der Waals surface area contributed by atoms with Crippen LogP contribution >= 0.6 is 12.6 Å². The van der Waals surface area contributed by atoms with E-state index in [0.29, 0.717) is 19.4 Å². The number of nitrogens with one attached hydrogen (secondary N) is 1. The third-order valence-corrected chi connectivity index (χ3v) is 2.88. The van der Waals surface area contributed by atoms with E-state index in [1.807, 2.05) is 13.8 Å². The van der Waals surface area contributed by atoms with E-state index in [0.717, 1.165) is 6.42 Å². The van der Waals surface area contributed by atoms with Gasteiger partial charge in [-0.25, -0.2) is 0 Å². The van der Waals surface area contributed by atoms with Gasteiger partial charge in [0, 0.05) is 13.0 Å². The summed E-state index contributed by atoms with van der Waals surface area (Å²) in [5.74, 6) is -0.123. The number of unbranched alkanes of at least 4 members (excludes halogenated alkanes) is 1. The molecule has 0 bridgehead atoms. The molecule has 0 aliphatic heterocycles. The van der Waals surface area contributed by atoms with E-state index in [-0.39, 0.29) is 23.0 Å². The van der Waals surface area contributed by atoms with Crippen LogP contribution in [0.25, 0.3) is 0 Å². The van der Waals surface area contributed by atoms with Gasteiger partial charge >= 0.3 is 0 Å². The molecule has 3 N–H and O–H groups in total. The van der Waals surface area contributed by atoms with Gasteiger partial charge in [-0.1, -0.05) is 13.8 Å². The highest BCUT2D eigenvalue weighted by atomic mass is 32.1. The first-order valence-corrected chi connectivity index (χ1v) is 5.71. The second kappa shape index (κ2) is 7.56. The molecule has 2 amide bonds. The van der Waals surface area contributed by atoms with Crippen LogP contribution in [0.4, 0.5) is 0 Å². The number of hydrogen-bond acceptors (Lipinski definition) is 3. The highest BCUT2D eigenvalue weighted by Crippen LogP contribution is 2.08. The fourth-order valence-electron chi connectivity index (χ4n) is 1.04. The lowest BCUT2D eigenvalue weighted by Crippen LogP contribution is -2.35. The Bertz CT molecular complexity index is 219. The Morgan fingerprint density at radius 1 is 1.33 bits per heavy atom. The average Bonchev–Trinajstić information content (AvgIpc) is 2.15. The van der Waals surface area contributed by atoms with Crippen LogP contribution in [-0.4, -0.2) is 23.6 Å². The fraction of sp³-hybridized carbons (Fsp3) is 0.800. The van der Waals surface area contributed by atoms with Crippen LogP contribution in [0.5, 0.6) is 0 Å². The molecule has 0 saturated carbocycles. The SMILES string of the molecule is CC(C)C(S)C(=O)NCCCCC(N)=O. The zero-order valence-electron chi connectivity index (χ0n) is 9.32. The molecule has 0 saturated heterocycles. The monoisotopic (exact) mass is 232 g/mol. The largest absolute Gasteiger partial charge is 0.370 e. The summed E-state index contributed by atoms with van der Waals surface area (Å²) in [7, 11) is 0. The van der Waals surface area contributed by atoms with E-state index in [2.05, 4.69) is 17.9 Å². The van der Waals surface area contributed by atoms with Gasteiger partial charge in [-0.3, -0.25) is 9.59 Å². The molecular weight excluding hydrogens is 212 g/mol. The van der Waals surface area contributed by atoms with Crippen molar-refractivity contribution in [3.8, 4) is 0 Å². The summed E-state index contributed by atoms with van der Waals surface area (Å²) in [4.78, 5) is 21.8. The van der Waals surface area contributed by atoms with Gasteiger partial charge in [0.05, 0.1) is 5.25 Å². The highest BCUT2D eigenvalue weighted by molar-refractivity contribution is 7.81. The first-order chi connectivity index (χ1) is 6.95. The van der Waals surface area contributed by atoms with Crippen molar-refractivity contribution in [3.05, 3.63) is 0 Å². The zero-order chi connectivity index (χ0) is 11.8. The molecule has 4 nitrogen and oxygen atoms in total. The van der Waals surface area contributed by atoms with Crippen LogP contribution in [0.2, 0.25) is 0 Å². The Balaban J connectivity index is 3.51. The molecular formula is C10H20N2O2S. The van der Waals surface area contributed by atoms with Gasteiger partial charge in [0.2, 0.25) is 11.8 Å². The maximum atomic E-state index is 11.4. The average molecular weight is 232 g/mol. The number of nitrogens with two attached hydrogens (primary N) is 1. The second-order valence-electron chi connectivity index (χ2n) is 3.90. The van der Waals surface area contributed by atoms with Crippen LogP contribution in [0.1, 0.15) is 33.1 Å². The molecule has 0 radical (unpaired) electrons. The lowest BCUT2D eigenvalue weighted by atomic mass is 10.1. The van der Waals surface area contributed by atoms with E-state index < -0.39 is 0 Å². The number of primary amides is 1. The number of amides is 2. The van der Waals surface area contributed by atoms with Crippen molar-refractivity contribution in [2.75, 3.05) is 6.54 Å². The summed E-state index contributed by atoms with van der Waals surface area (Å²) >= 11 is 4.19. The number of carbonyl (C=O) groups excluding carboxylic acids is 2. The minimum absolute atomic E-state index is 0.0487. The highest BCUT2D eigenvalue weighted by Gasteiger charge is 2.16. The third-order valence-electron chi connectivity index (χ3n) is 2.05. The molecule has 0 heterocycles. The summed E-state index contributed by atoms with van der Waals surface area (Å²) in [6.45, 7) is 4.48. The summed E-state index contributed by atoms with van der Waals surface area (Å²) in [6.07, 6.45) is 1.87. The van der Waals surface area contributed by atoms with Gasteiger partial charge in [-0.05, 0) is 18.8 Å². The van der Waals surface area contributed by atoms with Crippen LogP contribution in [0.15, 0.2) is 0 Å². The molecule has 0 aromatic rings. The molecule has 1 unspecified atom stereocenters. The van der Waals surface area contributed by atoms with Gasteiger partial charge in [-0.15, -0.1) is 0 Å². The smallest absolute Gasteiger partial charge is 0.233 e. The number of carbonyl (C=O) groups is 2. The van der Waals surface area contributed by atoms with Crippen LogP contribution < -0.4 is 11.1 Å². The Morgan fingerprint density at radius 3 is 2.40 bits per heavy atom. The minimum atomic E-state index is -0.296. The van der Waals surface area contributed by atoms with E-state index in [4.69, 9.17) is 5.73 Å². The Kier molecular flexibility index (Phi) is 7.21. The van der Waals surface area contributed by atoms with Gasteiger partial charge in [0.1, 0.15) is 0 Å². The second-order valence-corrected chi connectivity index (χ2v) is 4.46. The van der Waals surface area contributed by atoms with Gasteiger partial charge in [0.15, 0.2) is 0 Å². The van der Waals surface area contributed by atoms with E-state index in [9.17, 15) is 9.59 Å². The standard InChI is InChI=1S/C10H20N2O2S/c1-7(2)9(15)10(14)12-6-4-3-5-8(11)13/h7,9,15H,3-6H2,1-2H3,(H2,11,13)(H,12,14). The van der Waals surface area contributed by atoms with Crippen molar-refractivity contribution in [1.29, 1.82) is 0 Å². The first-order valence-electron chi connectivity index (χ1n) is 5.19. The first kappa shape index (κ1) is 14.3. The molecule has 15 heavy (non-hydrogen) atoms. The maximum Gasteiger partial charge on any atom is 0.233 e. The quantitative estimate of drug-likeness (QED) is 0.447. The predicted molar refractivity (Wildman–Crippen MR) is 63.7 cm³/mol. The minimum Gasteiger partial charge on any atom is -0.370 e. The molecule has 0 aliphatic carbocycles. The van der Waals surface area contributed by atoms with Gasteiger partial charge in [0.25, 0.3) is 0 Å². The normalized spacial score (nSPS) is 12.5. The van der Waals surface area contributed by atoms with Crippen molar-refractivity contribution < 1.29 is 9.59 Å². The number of hydrogen-bond donors (Lipinski definition) is 3. The van der Waals surface area contributed by atoms with Crippen molar-refractivity contribution in [3.63, 3.8) is 0 Å². The Labute approximate surface area is 96.4 Å². The molecule has 0 spiro atoms. The maximum absolute atomic E-state index is 11.4. The Hall–Kier alpha value is -0.710. The third kappa shape index (κ3) is 7.25. The van der Waals surface area contributed by atoms with Crippen molar-refractivity contribution >= 4 is 24.4 Å². The van der Waals surface area contributed by atoms with Crippen LogP contribution in [-0.2, 0) is 9.59 Å². The van der Waals surface area contributed by atoms with Crippen molar-refractivity contribution in [2.45, 2.75) is 38.4 Å². The zero-order valence-corrected chi connectivity index (χ0v) is 10.2. The molecule has 5 heteroatoms. The fourth-order valence-corrected chi connectivity index (χ4v) is 1.13. The van der Waals surface area contributed by atoms with E-state index in [1.54, 1.807) is 0 Å². The van der Waals surface area contributed by atoms with Crippen molar-refractivity contribution in [1.82, 2.24) is 5.32 Å². The van der Waals surface area contributed by atoms with Gasteiger partial charge < -0.3 is 11.1 Å². The van der Waals surface area contributed by atoms with Gasteiger partial charge in [-0.2, -0.15) is 12.6 Å². The van der Waals surface area contributed by atoms with Crippen LogP contribution in [0, 0.1) is 5.92 Å². The molecule has 0 aromatic heterocycles. The van der Waals surface area contributed by atoms with Crippen LogP contribution in [0.3, 0.4) is 0 Å². The molecule has 0 aliphatic rings. The molecule has 0 rings (SSSR count). The lowest BCUT2D eigenvalue weighted by Gasteiger charge is -2.14. The summed E-state index contributed by atoms with van der Waals surface area (Å²) < 4.78 is 0. The molecule has 1 atom stereocenters. The summed E-state index contributed by atoms with van der Waals surface area (Å²) in [5.41, 5.74) is 4.98. The number of rotatable bonds is 7. The molecule has 0 aromatic carbocycles. The summed E-state index contributed by atoms with van der Waals surface area (Å²) in [5, 5.41) is 2.51. The van der Waals surface area contributed by atoms with E-state index in [1.165, 1.54) is 0 Å². The van der Waals surface area contributed by atoms with Crippen molar-refractivity contribution in [2.24, 2.45) is 11.7 Å². The van der Waals surface area contributed by atoms with E-state index >= 15 is 0 Å². The summed E-state index contributed by atoms with van der Waals surface area (Å²) in [6, 6.07) is 0. The molecule has 0 fully saturated rings. The predicted octanol–water partition coefficient (Wildman–Crippen LogP) is 0.713.